The second-order valence-corrected chi connectivity index (χ2v) is 8.40. The van der Waals surface area contributed by atoms with E-state index in [-0.39, 0.29) is 5.91 Å². The van der Waals surface area contributed by atoms with Gasteiger partial charge in [0.25, 0.3) is 0 Å². The SMILES string of the molecule is CC[C@@H]1CN(CC(=O)Nc2nc3ccccc3s2)c2ccccc2S1. The number of benzene rings is 2. The van der Waals surface area contributed by atoms with Gasteiger partial charge in [-0.15, -0.1) is 11.8 Å². The third kappa shape index (κ3) is 3.50. The maximum Gasteiger partial charge on any atom is 0.245 e. The molecule has 1 atom stereocenters. The summed E-state index contributed by atoms with van der Waals surface area (Å²) in [5, 5.41) is 4.15. The molecule has 0 saturated carbocycles. The van der Waals surface area contributed by atoms with Crippen LogP contribution in [0.2, 0.25) is 0 Å². The van der Waals surface area contributed by atoms with Crippen molar-refractivity contribution in [1.82, 2.24) is 4.98 Å². The minimum absolute atomic E-state index is 0.0180. The first kappa shape index (κ1) is 16.4. The van der Waals surface area contributed by atoms with Crippen LogP contribution in [0.3, 0.4) is 0 Å². The highest BCUT2D eigenvalue weighted by Crippen LogP contribution is 2.39. The van der Waals surface area contributed by atoms with Crippen LogP contribution in [0.5, 0.6) is 0 Å². The fourth-order valence-electron chi connectivity index (χ4n) is 3.00. The van der Waals surface area contributed by atoms with Crippen molar-refractivity contribution in [2.24, 2.45) is 0 Å². The number of aromatic nitrogens is 1. The summed E-state index contributed by atoms with van der Waals surface area (Å²) in [6.45, 7) is 3.44. The van der Waals surface area contributed by atoms with E-state index < -0.39 is 0 Å². The van der Waals surface area contributed by atoms with Gasteiger partial charge in [0, 0.05) is 16.7 Å². The van der Waals surface area contributed by atoms with Crippen LogP contribution in [-0.2, 0) is 4.79 Å². The van der Waals surface area contributed by atoms with Gasteiger partial charge in [0.1, 0.15) is 0 Å². The maximum absolute atomic E-state index is 12.6. The Labute approximate surface area is 155 Å². The number of thioether (sulfide) groups is 1. The second kappa shape index (κ2) is 7.06. The molecule has 0 radical (unpaired) electrons. The molecular weight excluding hydrogens is 350 g/mol. The zero-order chi connectivity index (χ0) is 17.2. The second-order valence-electron chi connectivity index (χ2n) is 6.03. The minimum atomic E-state index is -0.0180. The molecule has 4 rings (SSSR count). The standard InChI is InChI=1S/C19H19N3OS2/c1-2-13-11-22(15-8-4-6-10-17(15)24-13)12-18(23)21-19-20-14-7-3-5-9-16(14)25-19/h3-10,13H,2,11-12H2,1H3,(H,20,21,23)/t13-/m1/s1. The highest BCUT2D eigenvalue weighted by Gasteiger charge is 2.25. The largest absolute Gasteiger partial charge is 0.360 e. The van der Waals surface area contributed by atoms with Crippen molar-refractivity contribution < 1.29 is 4.79 Å². The smallest absolute Gasteiger partial charge is 0.245 e. The zero-order valence-electron chi connectivity index (χ0n) is 13.9. The Kier molecular flexibility index (Phi) is 4.63. The summed E-state index contributed by atoms with van der Waals surface area (Å²) in [7, 11) is 0. The topological polar surface area (TPSA) is 45.2 Å². The van der Waals surface area contributed by atoms with E-state index in [0.717, 1.165) is 28.9 Å². The first-order valence-electron chi connectivity index (χ1n) is 8.39. The van der Waals surface area contributed by atoms with Gasteiger partial charge in [0.2, 0.25) is 5.91 Å². The van der Waals surface area contributed by atoms with Crippen LogP contribution in [-0.4, -0.2) is 29.2 Å². The number of nitrogens with zero attached hydrogens (tertiary/aromatic N) is 2. The molecule has 3 aromatic rings. The van der Waals surface area contributed by atoms with Gasteiger partial charge in [-0.1, -0.05) is 42.5 Å². The van der Waals surface area contributed by atoms with Crippen molar-refractivity contribution in [3.8, 4) is 0 Å². The predicted molar refractivity (Wildman–Crippen MR) is 107 cm³/mol. The van der Waals surface area contributed by atoms with E-state index in [9.17, 15) is 4.79 Å². The molecule has 1 N–H and O–H groups in total. The third-order valence-electron chi connectivity index (χ3n) is 4.25. The number of anilines is 2. The number of hydrogen-bond donors (Lipinski definition) is 1. The van der Waals surface area contributed by atoms with Crippen molar-refractivity contribution in [2.75, 3.05) is 23.3 Å². The molecule has 1 aliphatic rings. The Hall–Kier alpha value is -2.05. The molecular formula is C19H19N3OS2. The van der Waals surface area contributed by atoms with E-state index in [1.54, 1.807) is 0 Å². The van der Waals surface area contributed by atoms with Crippen molar-refractivity contribution in [1.29, 1.82) is 0 Å². The van der Waals surface area contributed by atoms with Crippen molar-refractivity contribution >= 4 is 50.0 Å². The highest BCUT2D eigenvalue weighted by molar-refractivity contribution is 8.00. The first-order chi connectivity index (χ1) is 12.2. The fourth-order valence-corrected chi connectivity index (χ4v) is 5.14. The van der Waals surface area contributed by atoms with Crippen LogP contribution in [0.1, 0.15) is 13.3 Å². The van der Waals surface area contributed by atoms with E-state index in [1.165, 1.54) is 16.2 Å². The molecule has 4 nitrogen and oxygen atoms in total. The molecule has 6 heteroatoms. The summed E-state index contributed by atoms with van der Waals surface area (Å²) in [5.74, 6) is -0.0180. The predicted octanol–water partition coefficient (Wildman–Crippen LogP) is 4.63. The Balaban J connectivity index is 1.50. The van der Waals surface area contributed by atoms with Gasteiger partial charge < -0.3 is 10.2 Å². The van der Waals surface area contributed by atoms with E-state index in [4.69, 9.17) is 0 Å². The van der Waals surface area contributed by atoms with Gasteiger partial charge in [0.05, 0.1) is 22.4 Å². The molecule has 1 aliphatic heterocycles. The van der Waals surface area contributed by atoms with Gasteiger partial charge in [-0.05, 0) is 30.7 Å². The van der Waals surface area contributed by atoms with Crippen molar-refractivity contribution in [3.63, 3.8) is 0 Å². The van der Waals surface area contributed by atoms with Crippen LogP contribution in [0.15, 0.2) is 53.4 Å². The molecule has 25 heavy (non-hydrogen) atoms. The molecule has 0 spiro atoms. The lowest BCUT2D eigenvalue weighted by Gasteiger charge is -2.34. The average Bonchev–Trinajstić information content (AvgIpc) is 3.03. The van der Waals surface area contributed by atoms with E-state index in [0.29, 0.717) is 16.9 Å². The van der Waals surface area contributed by atoms with Crippen LogP contribution >= 0.6 is 23.1 Å². The minimum Gasteiger partial charge on any atom is -0.360 e. The fraction of sp³-hybridized carbons (Fsp3) is 0.263. The lowest BCUT2D eigenvalue weighted by molar-refractivity contribution is -0.115. The van der Waals surface area contributed by atoms with Crippen molar-refractivity contribution in [3.05, 3.63) is 48.5 Å². The first-order valence-corrected chi connectivity index (χ1v) is 10.1. The lowest BCUT2D eigenvalue weighted by atomic mass is 10.2. The van der Waals surface area contributed by atoms with Gasteiger partial charge >= 0.3 is 0 Å². The number of fused-ring (bicyclic) bond motifs is 2. The average molecular weight is 370 g/mol. The molecule has 0 fully saturated rings. The monoisotopic (exact) mass is 369 g/mol. The summed E-state index contributed by atoms with van der Waals surface area (Å²) in [4.78, 5) is 20.5. The molecule has 1 aromatic heterocycles. The van der Waals surface area contributed by atoms with Crippen LogP contribution < -0.4 is 10.2 Å². The quantitative estimate of drug-likeness (QED) is 0.728. The van der Waals surface area contributed by atoms with Gasteiger partial charge in [0.15, 0.2) is 5.13 Å². The van der Waals surface area contributed by atoms with Crippen LogP contribution in [0, 0.1) is 0 Å². The van der Waals surface area contributed by atoms with Gasteiger partial charge in [-0.3, -0.25) is 4.79 Å². The summed E-state index contributed by atoms with van der Waals surface area (Å²) in [6, 6.07) is 16.3. The Morgan fingerprint density at radius 3 is 2.88 bits per heavy atom. The Morgan fingerprint density at radius 1 is 1.24 bits per heavy atom. The van der Waals surface area contributed by atoms with E-state index >= 15 is 0 Å². The number of rotatable bonds is 4. The normalized spacial score (nSPS) is 16.7. The molecule has 2 heterocycles. The van der Waals surface area contributed by atoms with Gasteiger partial charge in [-0.2, -0.15) is 0 Å². The molecule has 0 unspecified atom stereocenters. The molecule has 128 valence electrons. The number of thiazole rings is 1. The Morgan fingerprint density at radius 2 is 2.04 bits per heavy atom. The van der Waals surface area contributed by atoms with Gasteiger partial charge in [-0.25, -0.2) is 4.98 Å². The maximum atomic E-state index is 12.6. The summed E-state index contributed by atoms with van der Waals surface area (Å²) in [5.41, 5.74) is 2.07. The number of hydrogen-bond acceptors (Lipinski definition) is 5. The highest BCUT2D eigenvalue weighted by atomic mass is 32.2. The zero-order valence-corrected chi connectivity index (χ0v) is 15.6. The molecule has 0 bridgehead atoms. The van der Waals surface area contributed by atoms with Crippen LogP contribution in [0.4, 0.5) is 10.8 Å². The number of carbonyl (C=O) groups excluding carboxylic acids is 1. The third-order valence-corrected chi connectivity index (χ3v) is 6.62. The number of carbonyl (C=O) groups is 1. The number of para-hydroxylation sites is 2. The summed E-state index contributed by atoms with van der Waals surface area (Å²) < 4.78 is 1.09. The van der Waals surface area contributed by atoms with Crippen molar-refractivity contribution in [2.45, 2.75) is 23.5 Å². The summed E-state index contributed by atoms with van der Waals surface area (Å²) >= 11 is 3.42. The number of nitrogens with one attached hydrogen (secondary N) is 1. The molecule has 1 amide bonds. The Bertz CT molecular complexity index is 875. The van der Waals surface area contributed by atoms with E-state index in [2.05, 4.69) is 40.3 Å². The lowest BCUT2D eigenvalue weighted by Crippen LogP contribution is -2.40. The molecule has 0 saturated heterocycles. The summed E-state index contributed by atoms with van der Waals surface area (Å²) in [6.07, 6.45) is 1.09. The number of amides is 1. The van der Waals surface area contributed by atoms with E-state index in [1.807, 2.05) is 42.1 Å². The molecule has 2 aromatic carbocycles. The molecule has 0 aliphatic carbocycles. The van der Waals surface area contributed by atoms with Crippen LogP contribution in [0.25, 0.3) is 10.2 Å².